The van der Waals surface area contributed by atoms with E-state index < -0.39 is 11.7 Å². The Labute approximate surface area is 219 Å². The quantitative estimate of drug-likeness (QED) is 0.402. The molecule has 0 amide bonds. The van der Waals surface area contributed by atoms with Gasteiger partial charge in [0, 0.05) is 0 Å². The second kappa shape index (κ2) is 9.59. The first-order valence-corrected chi connectivity index (χ1v) is 14.7. The van der Waals surface area contributed by atoms with E-state index in [4.69, 9.17) is 0 Å². The molecule has 0 saturated heterocycles. The molecule has 3 saturated carbocycles. The van der Waals surface area contributed by atoms with E-state index in [1.807, 2.05) is 18.2 Å². The van der Waals surface area contributed by atoms with Gasteiger partial charge in [-0.15, -0.1) is 0 Å². The van der Waals surface area contributed by atoms with Gasteiger partial charge in [0.05, 0.1) is 23.3 Å². The van der Waals surface area contributed by atoms with Crippen molar-refractivity contribution in [3.63, 3.8) is 0 Å². The Morgan fingerprint density at radius 3 is 2.64 bits per heavy atom. The van der Waals surface area contributed by atoms with Gasteiger partial charge in [0.2, 0.25) is 0 Å². The van der Waals surface area contributed by atoms with Gasteiger partial charge < -0.3 is 10.2 Å². The standard InChI is InChI=1S/C33H47NO2/c1-5-33(36)18-17-31(3)25(20-33)10-11-26-28-13-12-27(32(28,4)16-15-29(26)31)22(2)9-14-30(35)24-8-6-7-23(19-24)21-34/h6-8,10,19,22,26-30,35-36H,5,9,11-18,20H2,1-4H3/t22-,26+,27-,28+,29+,30+,31+,32-,33+/m1/s1. The highest BCUT2D eigenvalue weighted by atomic mass is 16.3. The largest absolute Gasteiger partial charge is 0.390 e. The monoisotopic (exact) mass is 489 g/mol. The van der Waals surface area contributed by atoms with Crippen LogP contribution >= 0.6 is 0 Å². The van der Waals surface area contributed by atoms with Gasteiger partial charge in [-0.1, -0.05) is 51.5 Å². The van der Waals surface area contributed by atoms with Crippen LogP contribution in [0.15, 0.2) is 35.9 Å². The van der Waals surface area contributed by atoms with Gasteiger partial charge in [-0.3, -0.25) is 0 Å². The van der Waals surface area contributed by atoms with Gasteiger partial charge >= 0.3 is 0 Å². The van der Waals surface area contributed by atoms with Gasteiger partial charge in [0.15, 0.2) is 0 Å². The zero-order valence-corrected chi connectivity index (χ0v) is 23.0. The third-order valence-electron chi connectivity index (χ3n) is 12.0. The molecule has 196 valence electrons. The number of nitriles is 1. The molecule has 0 unspecified atom stereocenters. The summed E-state index contributed by atoms with van der Waals surface area (Å²) in [7, 11) is 0. The number of aliphatic hydroxyl groups is 2. The molecular weight excluding hydrogens is 442 g/mol. The lowest BCUT2D eigenvalue weighted by atomic mass is 9.46. The number of benzene rings is 1. The average Bonchev–Trinajstić information content (AvgIpc) is 3.25. The van der Waals surface area contributed by atoms with Crippen LogP contribution in [0.5, 0.6) is 0 Å². The van der Waals surface area contributed by atoms with Crippen LogP contribution in [0.1, 0.15) is 116 Å². The van der Waals surface area contributed by atoms with Crippen molar-refractivity contribution in [2.24, 2.45) is 40.4 Å². The first-order valence-electron chi connectivity index (χ1n) is 14.7. The highest BCUT2D eigenvalue weighted by Crippen LogP contribution is 2.67. The smallest absolute Gasteiger partial charge is 0.0991 e. The number of nitrogens with zero attached hydrogens (tertiary/aromatic N) is 1. The van der Waals surface area contributed by atoms with Crippen molar-refractivity contribution in [2.75, 3.05) is 0 Å². The van der Waals surface area contributed by atoms with Crippen molar-refractivity contribution in [2.45, 2.75) is 110 Å². The minimum atomic E-state index is -0.489. The molecule has 4 aliphatic rings. The molecule has 0 aromatic heterocycles. The van der Waals surface area contributed by atoms with Crippen molar-refractivity contribution in [1.29, 1.82) is 5.26 Å². The SMILES string of the molecule is CC[C@]1(O)CC[C@@]2(C)C(=CC[C@H]3[C@@H]4CC[C@H]([C@H](C)CC[C@H](O)c5cccc(C#N)c5)[C@@]4(C)CC[C@@H]32)C1. The third-order valence-corrected chi connectivity index (χ3v) is 12.0. The maximum atomic E-state index is 11.0. The number of fused-ring (bicyclic) bond motifs is 5. The van der Waals surface area contributed by atoms with E-state index in [-0.39, 0.29) is 5.41 Å². The van der Waals surface area contributed by atoms with E-state index >= 15 is 0 Å². The van der Waals surface area contributed by atoms with E-state index in [0.29, 0.717) is 16.9 Å². The van der Waals surface area contributed by atoms with Crippen molar-refractivity contribution in [3.8, 4) is 6.07 Å². The van der Waals surface area contributed by atoms with Crippen LogP contribution in [0.2, 0.25) is 0 Å². The lowest BCUT2D eigenvalue weighted by Crippen LogP contribution is -2.52. The Morgan fingerprint density at radius 1 is 1.08 bits per heavy atom. The van der Waals surface area contributed by atoms with Crippen LogP contribution < -0.4 is 0 Å². The van der Waals surface area contributed by atoms with E-state index in [2.05, 4.69) is 39.8 Å². The minimum Gasteiger partial charge on any atom is -0.390 e. The second-order valence-corrected chi connectivity index (χ2v) is 13.6. The molecule has 2 N–H and O–H groups in total. The Hall–Kier alpha value is -1.63. The maximum absolute atomic E-state index is 11.0. The van der Waals surface area contributed by atoms with Crippen LogP contribution in [-0.2, 0) is 0 Å². The molecule has 0 radical (unpaired) electrons. The molecule has 3 heteroatoms. The van der Waals surface area contributed by atoms with Crippen LogP contribution in [0.25, 0.3) is 0 Å². The zero-order valence-electron chi connectivity index (χ0n) is 23.0. The van der Waals surface area contributed by atoms with Crippen molar-refractivity contribution >= 4 is 0 Å². The molecule has 0 bridgehead atoms. The third kappa shape index (κ3) is 4.27. The summed E-state index contributed by atoms with van der Waals surface area (Å²) in [5, 5.41) is 31.1. The summed E-state index contributed by atoms with van der Waals surface area (Å²) in [5.74, 6) is 3.71. The summed E-state index contributed by atoms with van der Waals surface area (Å²) >= 11 is 0. The molecule has 9 atom stereocenters. The van der Waals surface area contributed by atoms with Crippen LogP contribution in [-0.4, -0.2) is 15.8 Å². The average molecular weight is 490 g/mol. The molecule has 0 heterocycles. The molecule has 1 aromatic rings. The lowest BCUT2D eigenvalue weighted by Gasteiger charge is -2.59. The van der Waals surface area contributed by atoms with Gasteiger partial charge in [-0.05, 0) is 129 Å². The molecule has 0 aliphatic heterocycles. The summed E-state index contributed by atoms with van der Waals surface area (Å²) < 4.78 is 0. The number of hydrogen-bond acceptors (Lipinski definition) is 3. The fourth-order valence-electron chi connectivity index (χ4n) is 9.59. The van der Waals surface area contributed by atoms with E-state index in [1.54, 1.807) is 11.6 Å². The minimum absolute atomic E-state index is 0.289. The lowest BCUT2D eigenvalue weighted by molar-refractivity contribution is -0.0757. The summed E-state index contributed by atoms with van der Waals surface area (Å²) in [5.41, 5.74) is 3.29. The molecule has 5 rings (SSSR count). The summed E-state index contributed by atoms with van der Waals surface area (Å²) in [6.07, 6.45) is 14.3. The predicted molar refractivity (Wildman–Crippen MR) is 145 cm³/mol. The molecule has 36 heavy (non-hydrogen) atoms. The van der Waals surface area contributed by atoms with Gasteiger partial charge in [-0.2, -0.15) is 5.26 Å². The molecule has 3 nitrogen and oxygen atoms in total. The fourth-order valence-corrected chi connectivity index (χ4v) is 9.59. The van der Waals surface area contributed by atoms with Gasteiger partial charge in [0.1, 0.15) is 0 Å². The van der Waals surface area contributed by atoms with E-state index in [0.717, 1.165) is 67.8 Å². The highest BCUT2D eigenvalue weighted by Gasteiger charge is 2.59. The number of hydrogen-bond donors (Lipinski definition) is 2. The predicted octanol–water partition coefficient (Wildman–Crippen LogP) is 7.73. The van der Waals surface area contributed by atoms with Gasteiger partial charge in [-0.25, -0.2) is 0 Å². The fraction of sp³-hybridized carbons (Fsp3) is 0.727. The van der Waals surface area contributed by atoms with Crippen molar-refractivity contribution in [1.82, 2.24) is 0 Å². The van der Waals surface area contributed by atoms with Crippen molar-refractivity contribution < 1.29 is 10.2 Å². The summed E-state index contributed by atoms with van der Waals surface area (Å²) in [6, 6.07) is 9.65. The van der Waals surface area contributed by atoms with Gasteiger partial charge in [0.25, 0.3) is 0 Å². The Kier molecular flexibility index (Phi) is 6.93. The van der Waals surface area contributed by atoms with Crippen molar-refractivity contribution in [3.05, 3.63) is 47.0 Å². The highest BCUT2D eigenvalue weighted by molar-refractivity contribution is 5.33. The first kappa shape index (κ1) is 26.0. The Balaban J connectivity index is 1.27. The molecule has 0 spiro atoms. The Morgan fingerprint density at radius 2 is 1.89 bits per heavy atom. The van der Waals surface area contributed by atoms with Crippen LogP contribution in [0.3, 0.4) is 0 Å². The first-order chi connectivity index (χ1) is 17.1. The molecule has 4 aliphatic carbocycles. The van der Waals surface area contributed by atoms with Crippen LogP contribution in [0, 0.1) is 51.8 Å². The molecular formula is C33H47NO2. The molecule has 1 aromatic carbocycles. The number of allylic oxidation sites excluding steroid dienone is 1. The second-order valence-electron chi connectivity index (χ2n) is 13.6. The van der Waals surface area contributed by atoms with Crippen LogP contribution in [0.4, 0.5) is 0 Å². The molecule has 3 fully saturated rings. The topological polar surface area (TPSA) is 64.2 Å². The number of rotatable bonds is 6. The summed E-state index contributed by atoms with van der Waals surface area (Å²) in [6.45, 7) is 9.71. The normalized spacial score (nSPS) is 41.3. The van der Waals surface area contributed by atoms with E-state index in [9.17, 15) is 15.5 Å². The maximum Gasteiger partial charge on any atom is 0.0991 e. The summed E-state index contributed by atoms with van der Waals surface area (Å²) in [4.78, 5) is 0. The zero-order chi connectivity index (χ0) is 25.7. The number of aliphatic hydroxyl groups excluding tert-OH is 1. The Bertz CT molecular complexity index is 1040. The van der Waals surface area contributed by atoms with E-state index in [1.165, 1.54) is 32.1 Å².